The molecule has 1 amide bonds. The number of benzene rings is 2. The number of carbonyl (C=O) groups is 1. The highest BCUT2D eigenvalue weighted by molar-refractivity contribution is 6.30. The molecule has 0 aliphatic carbocycles. The average molecular weight is 405 g/mol. The minimum absolute atomic E-state index is 0.279. The van der Waals surface area contributed by atoms with Gasteiger partial charge in [0.05, 0.1) is 30.3 Å². The molecule has 0 unspecified atom stereocenters. The van der Waals surface area contributed by atoms with E-state index in [9.17, 15) is 4.79 Å². The van der Waals surface area contributed by atoms with E-state index in [4.69, 9.17) is 16.3 Å². The third-order valence-electron chi connectivity index (χ3n) is 4.35. The number of pyridine rings is 1. The van der Waals surface area contributed by atoms with Gasteiger partial charge < -0.3 is 10.1 Å². The lowest BCUT2D eigenvalue weighted by atomic mass is 10.1. The number of hydrogen-bond donors (Lipinski definition) is 1. The zero-order valence-electron chi connectivity index (χ0n) is 15.5. The van der Waals surface area contributed by atoms with E-state index in [0.29, 0.717) is 27.7 Å². The summed E-state index contributed by atoms with van der Waals surface area (Å²) in [5, 5.41) is 7.94. The zero-order chi connectivity index (χ0) is 20.2. The Hall–Kier alpha value is -3.64. The highest BCUT2D eigenvalue weighted by Crippen LogP contribution is 2.28. The molecule has 2 aromatic carbocycles. The molecule has 0 aliphatic rings. The lowest BCUT2D eigenvalue weighted by Gasteiger charge is -2.11. The Bertz CT molecular complexity index is 1160. The molecule has 0 fully saturated rings. The highest BCUT2D eigenvalue weighted by Gasteiger charge is 2.20. The van der Waals surface area contributed by atoms with Crippen molar-refractivity contribution >= 4 is 23.2 Å². The summed E-state index contributed by atoms with van der Waals surface area (Å²) in [4.78, 5) is 17.1. The molecule has 0 bridgehead atoms. The average Bonchev–Trinajstić information content (AvgIpc) is 3.20. The van der Waals surface area contributed by atoms with Crippen molar-refractivity contribution in [2.75, 3.05) is 12.4 Å². The number of amides is 1. The third kappa shape index (κ3) is 3.97. The van der Waals surface area contributed by atoms with Crippen LogP contribution >= 0.6 is 11.6 Å². The number of hydrogen-bond acceptors (Lipinski definition) is 4. The van der Waals surface area contributed by atoms with Gasteiger partial charge in [-0.1, -0.05) is 23.7 Å². The van der Waals surface area contributed by atoms with Crippen molar-refractivity contribution in [3.05, 3.63) is 89.8 Å². The van der Waals surface area contributed by atoms with Crippen LogP contribution in [0, 0.1) is 0 Å². The second-order valence-electron chi connectivity index (χ2n) is 6.22. The molecule has 0 aliphatic heterocycles. The number of anilines is 1. The number of nitrogens with one attached hydrogen (secondary N) is 1. The summed E-state index contributed by atoms with van der Waals surface area (Å²) in [5.41, 5.74) is 3.28. The van der Waals surface area contributed by atoms with Crippen LogP contribution in [0.25, 0.3) is 16.9 Å². The largest absolute Gasteiger partial charge is 0.497 e. The van der Waals surface area contributed by atoms with Crippen molar-refractivity contribution in [1.29, 1.82) is 0 Å². The van der Waals surface area contributed by atoms with E-state index in [1.54, 1.807) is 54.6 Å². The van der Waals surface area contributed by atoms with Gasteiger partial charge in [-0.3, -0.25) is 9.78 Å². The molecular formula is C22H17ClN4O2. The van der Waals surface area contributed by atoms with Crippen molar-refractivity contribution < 1.29 is 9.53 Å². The topological polar surface area (TPSA) is 69.0 Å². The normalized spacial score (nSPS) is 10.6. The van der Waals surface area contributed by atoms with Crippen molar-refractivity contribution in [3.8, 4) is 22.7 Å². The summed E-state index contributed by atoms with van der Waals surface area (Å²) >= 11 is 6.16. The predicted octanol–water partition coefficient (Wildman–Crippen LogP) is 4.85. The minimum Gasteiger partial charge on any atom is -0.497 e. The zero-order valence-corrected chi connectivity index (χ0v) is 16.3. The van der Waals surface area contributed by atoms with Gasteiger partial charge in [-0.2, -0.15) is 5.10 Å². The van der Waals surface area contributed by atoms with Crippen LogP contribution < -0.4 is 10.1 Å². The van der Waals surface area contributed by atoms with Gasteiger partial charge in [-0.05, 0) is 42.5 Å². The van der Waals surface area contributed by atoms with Crippen molar-refractivity contribution in [1.82, 2.24) is 14.8 Å². The Morgan fingerprint density at radius 3 is 2.62 bits per heavy atom. The summed E-state index contributed by atoms with van der Waals surface area (Å²) < 4.78 is 6.92. The maximum Gasteiger partial charge on any atom is 0.259 e. The van der Waals surface area contributed by atoms with Crippen LogP contribution in [0.3, 0.4) is 0 Å². The molecule has 4 aromatic rings. The van der Waals surface area contributed by atoms with Gasteiger partial charge in [0.2, 0.25) is 0 Å². The number of aromatic nitrogens is 3. The van der Waals surface area contributed by atoms with Gasteiger partial charge in [0, 0.05) is 34.7 Å². The van der Waals surface area contributed by atoms with E-state index >= 15 is 0 Å². The summed E-state index contributed by atoms with van der Waals surface area (Å²) in [7, 11) is 1.58. The maximum atomic E-state index is 13.1. The standard InChI is InChI=1S/C22H17ClN4O2/c1-29-19-7-3-5-17(13-19)26-22(28)20-14-25-27(18-6-2-4-16(23)12-18)21(20)15-8-10-24-11-9-15/h2-14H,1H3,(H,26,28). The van der Waals surface area contributed by atoms with Crippen LogP contribution in [0.15, 0.2) is 79.3 Å². The Balaban J connectivity index is 1.78. The van der Waals surface area contributed by atoms with Gasteiger partial charge in [0.25, 0.3) is 5.91 Å². The summed E-state index contributed by atoms with van der Waals surface area (Å²) in [6.45, 7) is 0. The Morgan fingerprint density at radius 1 is 1.07 bits per heavy atom. The first kappa shape index (κ1) is 18.7. The molecule has 4 rings (SSSR count). The number of carbonyl (C=O) groups excluding carboxylic acids is 1. The Kier molecular flexibility index (Phi) is 5.27. The van der Waals surface area contributed by atoms with E-state index in [2.05, 4.69) is 15.4 Å². The van der Waals surface area contributed by atoms with Crippen LogP contribution in [0.5, 0.6) is 5.75 Å². The first-order valence-electron chi connectivity index (χ1n) is 8.85. The Morgan fingerprint density at radius 2 is 1.86 bits per heavy atom. The van der Waals surface area contributed by atoms with E-state index in [1.807, 2.05) is 36.4 Å². The van der Waals surface area contributed by atoms with Gasteiger partial charge in [0.1, 0.15) is 5.75 Å². The fourth-order valence-electron chi connectivity index (χ4n) is 3.01. The van der Waals surface area contributed by atoms with Gasteiger partial charge in [0.15, 0.2) is 0 Å². The van der Waals surface area contributed by atoms with Gasteiger partial charge >= 0.3 is 0 Å². The first-order valence-corrected chi connectivity index (χ1v) is 9.23. The van der Waals surface area contributed by atoms with Gasteiger partial charge in [-0.25, -0.2) is 4.68 Å². The van der Waals surface area contributed by atoms with Crippen LogP contribution in [0.1, 0.15) is 10.4 Å². The van der Waals surface area contributed by atoms with E-state index in [0.717, 1.165) is 11.3 Å². The highest BCUT2D eigenvalue weighted by atomic mass is 35.5. The lowest BCUT2D eigenvalue weighted by Crippen LogP contribution is -2.13. The molecular weight excluding hydrogens is 388 g/mol. The fraction of sp³-hybridized carbons (Fsp3) is 0.0455. The molecule has 0 spiro atoms. The fourth-order valence-corrected chi connectivity index (χ4v) is 3.19. The number of methoxy groups -OCH3 is 1. The summed E-state index contributed by atoms with van der Waals surface area (Å²) in [6.07, 6.45) is 4.90. The quantitative estimate of drug-likeness (QED) is 0.516. The molecule has 29 heavy (non-hydrogen) atoms. The number of rotatable bonds is 5. The SMILES string of the molecule is COc1cccc(NC(=O)c2cnn(-c3cccc(Cl)c3)c2-c2ccncc2)c1. The number of halogens is 1. The van der Waals surface area contributed by atoms with Crippen molar-refractivity contribution in [2.24, 2.45) is 0 Å². The molecule has 7 heteroatoms. The molecule has 144 valence electrons. The third-order valence-corrected chi connectivity index (χ3v) is 4.58. The maximum absolute atomic E-state index is 13.1. The van der Waals surface area contributed by atoms with E-state index < -0.39 is 0 Å². The molecule has 2 aromatic heterocycles. The summed E-state index contributed by atoms with van der Waals surface area (Å²) in [6, 6.07) is 18.2. The molecule has 2 heterocycles. The molecule has 0 atom stereocenters. The van der Waals surface area contributed by atoms with Crippen LogP contribution in [0.2, 0.25) is 5.02 Å². The van der Waals surface area contributed by atoms with Crippen LogP contribution in [0.4, 0.5) is 5.69 Å². The second-order valence-corrected chi connectivity index (χ2v) is 6.66. The molecule has 0 saturated heterocycles. The summed E-state index contributed by atoms with van der Waals surface area (Å²) in [5.74, 6) is 0.380. The monoisotopic (exact) mass is 404 g/mol. The van der Waals surface area contributed by atoms with E-state index in [-0.39, 0.29) is 5.91 Å². The lowest BCUT2D eigenvalue weighted by molar-refractivity contribution is 0.102. The van der Waals surface area contributed by atoms with Gasteiger partial charge in [-0.15, -0.1) is 0 Å². The number of ether oxygens (including phenoxy) is 1. The first-order chi connectivity index (χ1) is 14.2. The predicted molar refractivity (Wildman–Crippen MR) is 113 cm³/mol. The van der Waals surface area contributed by atoms with Crippen molar-refractivity contribution in [3.63, 3.8) is 0 Å². The molecule has 0 saturated carbocycles. The minimum atomic E-state index is -0.279. The van der Waals surface area contributed by atoms with Crippen LogP contribution in [-0.2, 0) is 0 Å². The Labute approximate surface area is 172 Å². The molecule has 0 radical (unpaired) electrons. The second kappa shape index (κ2) is 8.16. The molecule has 6 nitrogen and oxygen atoms in total. The van der Waals surface area contributed by atoms with Crippen LogP contribution in [-0.4, -0.2) is 27.8 Å². The molecule has 1 N–H and O–H groups in total. The smallest absolute Gasteiger partial charge is 0.259 e. The van der Waals surface area contributed by atoms with Crippen molar-refractivity contribution in [2.45, 2.75) is 0 Å². The number of nitrogens with zero attached hydrogens (tertiary/aromatic N) is 3. The van der Waals surface area contributed by atoms with E-state index in [1.165, 1.54) is 0 Å².